The van der Waals surface area contributed by atoms with Crippen molar-refractivity contribution >= 4 is 18.1 Å². The largest absolute Gasteiger partial charge is 0.465 e. The average molecular weight is 243 g/mol. The number of nitrogens with one attached hydrogen (secondary N) is 1. The van der Waals surface area contributed by atoms with Crippen molar-refractivity contribution in [3.8, 4) is 0 Å². The first-order chi connectivity index (χ1) is 7.67. The van der Waals surface area contributed by atoms with Crippen LogP contribution in [0.25, 0.3) is 5.53 Å². The van der Waals surface area contributed by atoms with Crippen LogP contribution in [0.5, 0.6) is 0 Å². The van der Waals surface area contributed by atoms with Crippen molar-refractivity contribution in [3.05, 3.63) is 5.53 Å². The Morgan fingerprint density at radius 2 is 2.00 bits per heavy atom. The Balaban J connectivity index is 4.84. The van der Waals surface area contributed by atoms with Crippen LogP contribution in [0.4, 0.5) is 4.79 Å². The summed E-state index contributed by atoms with van der Waals surface area (Å²) in [5.74, 6) is -0.674. The fraction of sp³-hybridized carbons (Fsp3) is 0.700. The fourth-order valence-corrected chi connectivity index (χ4v) is 1.32. The van der Waals surface area contributed by atoms with E-state index in [-0.39, 0.29) is 0 Å². The minimum Gasteiger partial charge on any atom is -0.465 e. The summed E-state index contributed by atoms with van der Waals surface area (Å²) in [6, 6.07) is -1.11. The Kier molecular flexibility index (Phi) is 5.50. The molecule has 0 radical (unpaired) electrons. The summed E-state index contributed by atoms with van der Waals surface area (Å²) in [7, 11) is 0. The van der Waals surface area contributed by atoms with Crippen molar-refractivity contribution in [1.29, 1.82) is 0 Å². The molecule has 0 fully saturated rings. The monoisotopic (exact) mass is 243 g/mol. The second kappa shape index (κ2) is 6.12. The lowest BCUT2D eigenvalue weighted by molar-refractivity contribution is -0.125. The summed E-state index contributed by atoms with van der Waals surface area (Å²) in [6.07, 6.45) is -1.39. The molecule has 0 rings (SSSR count). The van der Waals surface area contributed by atoms with Crippen molar-refractivity contribution in [2.45, 2.75) is 45.4 Å². The molecule has 0 unspecified atom stereocenters. The first-order valence-corrected chi connectivity index (χ1v) is 5.06. The molecule has 0 spiro atoms. The van der Waals surface area contributed by atoms with Crippen LogP contribution in [0.3, 0.4) is 0 Å². The van der Waals surface area contributed by atoms with Crippen LogP contribution in [-0.2, 0) is 9.53 Å². The van der Waals surface area contributed by atoms with Crippen molar-refractivity contribution in [3.63, 3.8) is 0 Å². The van der Waals surface area contributed by atoms with Gasteiger partial charge in [0.15, 0.2) is 0 Å². The number of hydrogen-bond acceptors (Lipinski definition) is 3. The fourth-order valence-electron chi connectivity index (χ4n) is 1.32. The second-order valence-corrected chi connectivity index (χ2v) is 4.51. The second-order valence-electron chi connectivity index (χ2n) is 4.51. The molecule has 0 aliphatic carbocycles. The number of carbonyl (C=O) groups excluding carboxylic acids is 1. The summed E-state index contributed by atoms with van der Waals surface area (Å²) >= 11 is 0. The van der Waals surface area contributed by atoms with Crippen LogP contribution < -0.4 is 5.32 Å². The van der Waals surface area contributed by atoms with Crippen molar-refractivity contribution < 1.29 is 24.2 Å². The van der Waals surface area contributed by atoms with E-state index in [1.165, 1.54) is 0 Å². The predicted molar refractivity (Wildman–Crippen MR) is 59.9 cm³/mol. The highest BCUT2D eigenvalue weighted by atomic mass is 16.5. The number of Topliss-reactive ketones (excluding diaryl/α,β-unsaturated/α-hetero) is 1. The Labute approximate surface area is 99.4 Å². The van der Waals surface area contributed by atoms with E-state index in [0.29, 0.717) is 6.21 Å². The van der Waals surface area contributed by atoms with Gasteiger partial charge in [-0.1, -0.05) is 0 Å². The van der Waals surface area contributed by atoms with E-state index in [9.17, 15) is 9.59 Å². The summed E-state index contributed by atoms with van der Waals surface area (Å²) in [4.78, 5) is 24.6. The van der Waals surface area contributed by atoms with E-state index in [4.69, 9.17) is 15.4 Å². The molecule has 0 aliphatic rings. The quantitative estimate of drug-likeness (QED) is 0.420. The van der Waals surface area contributed by atoms with Crippen LogP contribution in [0, 0.1) is 0 Å². The van der Waals surface area contributed by atoms with Gasteiger partial charge in [0.25, 0.3) is 5.78 Å². The molecule has 0 saturated heterocycles. The van der Waals surface area contributed by atoms with Gasteiger partial charge < -0.3 is 20.7 Å². The molecule has 0 aromatic heterocycles. The zero-order valence-corrected chi connectivity index (χ0v) is 10.3. The van der Waals surface area contributed by atoms with Gasteiger partial charge in [-0.25, -0.2) is 4.79 Å². The molecule has 2 atom stereocenters. The molecule has 96 valence electrons. The first kappa shape index (κ1) is 15.3. The smallest absolute Gasteiger partial charge is 0.405 e. The maximum Gasteiger partial charge on any atom is 0.405 e. The number of hydrogen-bond donors (Lipinski definition) is 2. The molecule has 7 heteroatoms. The van der Waals surface area contributed by atoms with Gasteiger partial charge in [0.2, 0.25) is 0 Å². The minimum absolute atomic E-state index is 0.519. The average Bonchev–Trinajstić information content (AvgIpc) is 2.11. The normalized spacial score (nSPS) is 14.4. The van der Waals surface area contributed by atoms with E-state index in [1.54, 1.807) is 27.7 Å². The maximum absolute atomic E-state index is 11.5. The van der Waals surface area contributed by atoms with Crippen molar-refractivity contribution in [1.82, 2.24) is 5.32 Å². The van der Waals surface area contributed by atoms with Gasteiger partial charge in [0.05, 0.1) is 11.7 Å². The molecule has 0 heterocycles. The summed E-state index contributed by atoms with van der Waals surface area (Å²) in [5.41, 5.74) is 7.75. The number of nitrogens with zero attached hydrogens (tertiary/aromatic N) is 2. The number of rotatable bonds is 5. The topological polar surface area (TPSA) is 112 Å². The lowest BCUT2D eigenvalue weighted by Crippen LogP contribution is -2.50. The molecule has 0 bridgehead atoms. The Bertz CT molecular complexity index is 342. The van der Waals surface area contributed by atoms with E-state index < -0.39 is 29.6 Å². The number of carbonyl (C=O) groups is 2. The highest BCUT2D eigenvalue weighted by Gasteiger charge is 2.31. The minimum atomic E-state index is -1.35. The summed E-state index contributed by atoms with van der Waals surface area (Å²) in [6.45, 7) is 6.92. The SMILES string of the molecule is C[C@H](OC(C)(C)C)[C@H](NC(=O)O)C(=O)C=[N+]=[N-]. The molecular formula is C10H17N3O4. The van der Waals surface area contributed by atoms with Crippen molar-refractivity contribution in [2.24, 2.45) is 0 Å². The zero-order valence-electron chi connectivity index (χ0n) is 10.3. The standard InChI is InChI=1S/C10H17N3O4/c1-6(17-10(2,3)4)8(13-9(15)16)7(14)5-12-11/h5-6,8,13H,1-4H3,(H,15,16)/t6-,8-/m0/s1. The van der Waals surface area contributed by atoms with Crippen LogP contribution in [-0.4, -0.2) is 45.7 Å². The number of ether oxygens (including phenoxy) is 1. The van der Waals surface area contributed by atoms with Gasteiger partial charge in [-0.3, -0.25) is 4.79 Å². The Morgan fingerprint density at radius 3 is 2.35 bits per heavy atom. The highest BCUT2D eigenvalue weighted by molar-refractivity contribution is 6.28. The van der Waals surface area contributed by atoms with Gasteiger partial charge in [0, 0.05) is 0 Å². The molecule has 0 aromatic rings. The van der Waals surface area contributed by atoms with E-state index in [0.717, 1.165) is 0 Å². The third-order valence-corrected chi connectivity index (χ3v) is 1.78. The van der Waals surface area contributed by atoms with Gasteiger partial charge in [0.1, 0.15) is 6.04 Å². The summed E-state index contributed by atoms with van der Waals surface area (Å²) in [5, 5.41) is 10.6. The molecule has 1 amide bonds. The maximum atomic E-state index is 11.5. The molecule has 17 heavy (non-hydrogen) atoms. The van der Waals surface area contributed by atoms with E-state index in [2.05, 4.69) is 4.79 Å². The van der Waals surface area contributed by atoms with Gasteiger partial charge >= 0.3 is 12.3 Å². The van der Waals surface area contributed by atoms with E-state index >= 15 is 0 Å². The molecule has 7 nitrogen and oxygen atoms in total. The van der Waals surface area contributed by atoms with Gasteiger partial charge in [-0.05, 0) is 27.7 Å². The van der Waals surface area contributed by atoms with Crippen molar-refractivity contribution in [2.75, 3.05) is 0 Å². The van der Waals surface area contributed by atoms with Gasteiger partial charge in [-0.15, -0.1) is 0 Å². The predicted octanol–water partition coefficient (Wildman–Crippen LogP) is 0.696. The zero-order chi connectivity index (χ0) is 13.6. The van der Waals surface area contributed by atoms with Crippen LogP contribution in [0.15, 0.2) is 0 Å². The Morgan fingerprint density at radius 1 is 1.47 bits per heavy atom. The molecule has 0 aromatic carbocycles. The number of ketones is 1. The number of amides is 1. The molecule has 0 aliphatic heterocycles. The lowest BCUT2D eigenvalue weighted by atomic mass is 10.1. The van der Waals surface area contributed by atoms with Crippen LogP contribution >= 0.6 is 0 Å². The third kappa shape index (κ3) is 6.44. The lowest BCUT2D eigenvalue weighted by Gasteiger charge is -2.28. The van der Waals surface area contributed by atoms with Gasteiger partial charge in [-0.2, -0.15) is 4.79 Å². The number of carboxylic acid groups (broad SMARTS) is 1. The van der Waals surface area contributed by atoms with E-state index in [1.807, 2.05) is 5.32 Å². The first-order valence-electron chi connectivity index (χ1n) is 5.06. The molecule has 2 N–H and O–H groups in total. The summed E-state index contributed by atoms with van der Waals surface area (Å²) < 4.78 is 5.48. The van der Waals surface area contributed by atoms with Crippen LogP contribution in [0.1, 0.15) is 27.7 Å². The molecular weight excluding hydrogens is 226 g/mol. The Hall–Kier alpha value is -1.72. The van der Waals surface area contributed by atoms with Crippen LogP contribution in [0.2, 0.25) is 0 Å². The highest BCUT2D eigenvalue weighted by Crippen LogP contribution is 2.13. The third-order valence-electron chi connectivity index (χ3n) is 1.78. The molecule has 0 saturated carbocycles.